The Kier molecular flexibility index (Phi) is 8.42. The predicted molar refractivity (Wildman–Crippen MR) is 107 cm³/mol. The molecule has 0 atom stereocenters. The fourth-order valence-corrected chi connectivity index (χ4v) is 2.80. The van der Waals surface area contributed by atoms with Gasteiger partial charge in [0.25, 0.3) is 11.8 Å². The second kappa shape index (κ2) is 10.8. The van der Waals surface area contributed by atoms with Crippen LogP contribution in [0.1, 0.15) is 30.1 Å². The molecule has 0 aromatic heterocycles. The molecule has 6 nitrogen and oxygen atoms in total. The molecule has 0 bridgehead atoms. The molecule has 0 aliphatic carbocycles. The van der Waals surface area contributed by atoms with Gasteiger partial charge < -0.3 is 9.47 Å². The number of hydrogen-bond acceptors (Lipinski definition) is 4. The minimum absolute atomic E-state index is 0.259. The van der Waals surface area contributed by atoms with Crippen LogP contribution in [0.5, 0.6) is 11.5 Å². The molecule has 0 saturated heterocycles. The molecule has 0 fully saturated rings. The van der Waals surface area contributed by atoms with E-state index in [0.29, 0.717) is 33.2 Å². The molecular formula is C19H20BrClN2O4. The maximum atomic E-state index is 12.1. The van der Waals surface area contributed by atoms with Crippen LogP contribution in [-0.4, -0.2) is 25.0 Å². The van der Waals surface area contributed by atoms with E-state index >= 15 is 0 Å². The number of halogens is 2. The van der Waals surface area contributed by atoms with Crippen LogP contribution in [-0.2, 0) is 4.79 Å². The van der Waals surface area contributed by atoms with E-state index in [4.69, 9.17) is 21.1 Å². The summed E-state index contributed by atoms with van der Waals surface area (Å²) in [6, 6.07) is 11.6. The van der Waals surface area contributed by atoms with Crippen molar-refractivity contribution in [3.63, 3.8) is 0 Å². The van der Waals surface area contributed by atoms with Crippen molar-refractivity contribution in [3.05, 3.63) is 57.5 Å². The minimum atomic E-state index is -0.496. The first-order valence-electron chi connectivity index (χ1n) is 8.39. The highest BCUT2D eigenvalue weighted by Gasteiger charge is 2.09. The molecule has 2 amide bonds. The predicted octanol–water partition coefficient (Wildman–Crippen LogP) is 4.12. The Labute approximate surface area is 171 Å². The third-order valence-electron chi connectivity index (χ3n) is 3.45. The first-order valence-corrected chi connectivity index (χ1v) is 9.56. The Morgan fingerprint density at radius 2 is 1.81 bits per heavy atom. The second-order valence-electron chi connectivity index (χ2n) is 5.59. The molecular weight excluding hydrogens is 436 g/mol. The number of carbonyl (C=O) groups excluding carboxylic acids is 2. The number of hydrazine groups is 1. The summed E-state index contributed by atoms with van der Waals surface area (Å²) in [6.07, 6.45) is 2.03. The molecule has 0 heterocycles. The van der Waals surface area contributed by atoms with Gasteiger partial charge in [-0.05, 0) is 64.8 Å². The number of hydrogen-bond donors (Lipinski definition) is 2. The van der Waals surface area contributed by atoms with Crippen molar-refractivity contribution in [2.75, 3.05) is 13.2 Å². The monoisotopic (exact) mass is 454 g/mol. The summed E-state index contributed by atoms with van der Waals surface area (Å²) in [5, 5.41) is 0.549. The molecule has 0 unspecified atom stereocenters. The molecule has 0 spiro atoms. The Morgan fingerprint density at radius 1 is 1.07 bits per heavy atom. The fraction of sp³-hybridized carbons (Fsp3) is 0.263. The van der Waals surface area contributed by atoms with Crippen LogP contribution in [0.25, 0.3) is 0 Å². The van der Waals surface area contributed by atoms with E-state index in [1.165, 1.54) is 0 Å². The van der Waals surface area contributed by atoms with E-state index in [1.807, 2.05) is 0 Å². The summed E-state index contributed by atoms with van der Waals surface area (Å²) in [5.74, 6) is 0.242. The standard InChI is InChI=1S/C19H20BrClN2O4/c1-2-3-10-26-15-7-4-13(5-8-15)19(25)23-22-18(24)12-27-17-9-6-14(21)11-16(17)20/h4-9,11H,2-3,10,12H2,1H3,(H,22,24)(H,23,25). The van der Waals surface area contributed by atoms with E-state index in [2.05, 4.69) is 33.7 Å². The van der Waals surface area contributed by atoms with Crippen molar-refractivity contribution in [2.24, 2.45) is 0 Å². The van der Waals surface area contributed by atoms with Crippen LogP contribution in [0.15, 0.2) is 46.9 Å². The van der Waals surface area contributed by atoms with Crippen LogP contribution in [0.3, 0.4) is 0 Å². The van der Waals surface area contributed by atoms with Crippen molar-refractivity contribution in [1.29, 1.82) is 0 Å². The van der Waals surface area contributed by atoms with Gasteiger partial charge in [0.05, 0.1) is 11.1 Å². The van der Waals surface area contributed by atoms with Crippen LogP contribution in [0.4, 0.5) is 0 Å². The van der Waals surface area contributed by atoms with Gasteiger partial charge in [-0.1, -0.05) is 24.9 Å². The van der Waals surface area contributed by atoms with Crippen molar-refractivity contribution in [1.82, 2.24) is 10.9 Å². The van der Waals surface area contributed by atoms with E-state index < -0.39 is 11.8 Å². The number of benzene rings is 2. The number of ether oxygens (including phenoxy) is 2. The molecule has 144 valence electrons. The lowest BCUT2D eigenvalue weighted by molar-refractivity contribution is -0.123. The molecule has 2 N–H and O–H groups in total. The second-order valence-corrected chi connectivity index (χ2v) is 6.88. The summed E-state index contributed by atoms with van der Waals surface area (Å²) in [5.41, 5.74) is 5.04. The maximum absolute atomic E-state index is 12.1. The quantitative estimate of drug-likeness (QED) is 0.464. The van der Waals surface area contributed by atoms with Crippen molar-refractivity contribution >= 4 is 39.3 Å². The van der Waals surface area contributed by atoms with Gasteiger partial charge in [-0.3, -0.25) is 20.4 Å². The lowest BCUT2D eigenvalue weighted by atomic mass is 10.2. The normalized spacial score (nSPS) is 10.2. The highest BCUT2D eigenvalue weighted by atomic mass is 79.9. The van der Waals surface area contributed by atoms with Crippen LogP contribution >= 0.6 is 27.5 Å². The van der Waals surface area contributed by atoms with Gasteiger partial charge in [0.2, 0.25) is 0 Å². The summed E-state index contributed by atoms with van der Waals surface area (Å²) >= 11 is 9.14. The Morgan fingerprint density at radius 3 is 2.48 bits per heavy atom. The zero-order valence-electron chi connectivity index (χ0n) is 14.8. The van der Waals surface area contributed by atoms with Crippen LogP contribution in [0, 0.1) is 0 Å². The van der Waals surface area contributed by atoms with Gasteiger partial charge in [0, 0.05) is 10.6 Å². The van der Waals surface area contributed by atoms with Gasteiger partial charge in [-0.15, -0.1) is 0 Å². The summed E-state index contributed by atoms with van der Waals surface area (Å²) in [6.45, 7) is 2.47. The molecule has 2 rings (SSSR count). The minimum Gasteiger partial charge on any atom is -0.494 e. The number of nitrogens with one attached hydrogen (secondary N) is 2. The molecule has 2 aromatic carbocycles. The summed E-state index contributed by atoms with van der Waals surface area (Å²) in [7, 11) is 0. The van der Waals surface area contributed by atoms with Gasteiger partial charge in [0.1, 0.15) is 11.5 Å². The number of unbranched alkanes of at least 4 members (excludes halogenated alkanes) is 1. The van der Waals surface area contributed by atoms with E-state index in [9.17, 15) is 9.59 Å². The van der Waals surface area contributed by atoms with Crippen molar-refractivity contribution < 1.29 is 19.1 Å². The number of amides is 2. The lowest BCUT2D eigenvalue weighted by Crippen LogP contribution is -2.43. The molecule has 27 heavy (non-hydrogen) atoms. The third kappa shape index (κ3) is 7.11. The first-order chi connectivity index (χ1) is 13.0. The molecule has 0 radical (unpaired) electrons. The SMILES string of the molecule is CCCCOc1ccc(C(=O)NNC(=O)COc2ccc(Cl)cc2Br)cc1. The first kappa shape index (κ1) is 21.1. The molecule has 8 heteroatoms. The fourth-order valence-electron chi connectivity index (χ4n) is 2.01. The van der Waals surface area contributed by atoms with E-state index in [-0.39, 0.29) is 6.61 Å². The van der Waals surface area contributed by atoms with Gasteiger partial charge in [-0.25, -0.2) is 0 Å². The van der Waals surface area contributed by atoms with E-state index in [0.717, 1.165) is 12.8 Å². The smallest absolute Gasteiger partial charge is 0.276 e. The highest BCUT2D eigenvalue weighted by Crippen LogP contribution is 2.27. The number of carbonyl (C=O) groups is 2. The van der Waals surface area contributed by atoms with Crippen LogP contribution in [0.2, 0.25) is 5.02 Å². The molecule has 0 saturated carbocycles. The van der Waals surface area contributed by atoms with Gasteiger partial charge in [-0.2, -0.15) is 0 Å². The van der Waals surface area contributed by atoms with Gasteiger partial charge >= 0.3 is 0 Å². The topological polar surface area (TPSA) is 76.7 Å². The van der Waals surface area contributed by atoms with E-state index in [1.54, 1.807) is 42.5 Å². The summed E-state index contributed by atoms with van der Waals surface area (Å²) < 4.78 is 11.5. The largest absolute Gasteiger partial charge is 0.494 e. The average Bonchev–Trinajstić information content (AvgIpc) is 2.66. The maximum Gasteiger partial charge on any atom is 0.276 e. The van der Waals surface area contributed by atoms with Gasteiger partial charge in [0.15, 0.2) is 6.61 Å². The summed E-state index contributed by atoms with van der Waals surface area (Å²) in [4.78, 5) is 23.9. The zero-order chi connectivity index (χ0) is 19.6. The zero-order valence-corrected chi connectivity index (χ0v) is 17.1. The molecule has 0 aliphatic heterocycles. The van der Waals surface area contributed by atoms with Crippen molar-refractivity contribution in [3.8, 4) is 11.5 Å². The Balaban J connectivity index is 1.76. The Hall–Kier alpha value is -2.25. The van der Waals surface area contributed by atoms with Crippen LogP contribution < -0.4 is 20.3 Å². The average molecular weight is 456 g/mol. The Bertz CT molecular complexity index is 784. The molecule has 0 aliphatic rings. The third-order valence-corrected chi connectivity index (χ3v) is 4.31. The molecule has 2 aromatic rings. The van der Waals surface area contributed by atoms with Crippen molar-refractivity contribution in [2.45, 2.75) is 19.8 Å². The number of rotatable bonds is 8. The highest BCUT2D eigenvalue weighted by molar-refractivity contribution is 9.10. The lowest BCUT2D eigenvalue weighted by Gasteiger charge is -2.10.